The number of benzene rings is 1. The lowest BCUT2D eigenvalue weighted by Crippen LogP contribution is -2.49. The molecule has 1 aromatic rings. The number of nitrogen functional groups attached to an aromatic ring is 1. The Bertz CT molecular complexity index is 512. The van der Waals surface area contributed by atoms with Gasteiger partial charge in [-0.3, -0.25) is 9.59 Å². The number of carboxylic acids is 1. The van der Waals surface area contributed by atoms with Crippen molar-refractivity contribution in [1.82, 2.24) is 4.90 Å². The Labute approximate surface area is 118 Å². The lowest BCUT2D eigenvalue weighted by Gasteiger charge is -2.39. The number of carboxylic acid groups (broad SMARTS) is 1. The van der Waals surface area contributed by atoms with E-state index >= 15 is 0 Å². The third kappa shape index (κ3) is 2.61. The SMILES string of the molecule is CCC1(C(=O)O)CCCN(C(=O)c2ccc(N)cc2)C1. The van der Waals surface area contributed by atoms with Gasteiger partial charge >= 0.3 is 5.97 Å². The highest BCUT2D eigenvalue weighted by Gasteiger charge is 2.42. The number of nitrogens with two attached hydrogens (primary N) is 1. The molecule has 0 bridgehead atoms. The minimum Gasteiger partial charge on any atom is -0.481 e. The topological polar surface area (TPSA) is 83.6 Å². The Balaban J connectivity index is 2.18. The number of rotatable bonds is 3. The van der Waals surface area contributed by atoms with Crippen LogP contribution in [-0.2, 0) is 4.79 Å². The van der Waals surface area contributed by atoms with Gasteiger partial charge in [0.25, 0.3) is 5.91 Å². The van der Waals surface area contributed by atoms with Gasteiger partial charge in [0.1, 0.15) is 0 Å². The molecule has 1 amide bonds. The third-order valence-electron chi connectivity index (χ3n) is 4.15. The van der Waals surface area contributed by atoms with Gasteiger partial charge in [-0.05, 0) is 43.5 Å². The van der Waals surface area contributed by atoms with E-state index in [9.17, 15) is 14.7 Å². The number of likely N-dealkylation sites (tertiary alicyclic amines) is 1. The fourth-order valence-corrected chi connectivity index (χ4v) is 2.73. The van der Waals surface area contributed by atoms with Crippen LogP contribution >= 0.6 is 0 Å². The zero-order chi connectivity index (χ0) is 14.8. The Hall–Kier alpha value is -2.04. The van der Waals surface area contributed by atoms with E-state index in [1.54, 1.807) is 29.2 Å². The fourth-order valence-electron chi connectivity index (χ4n) is 2.73. The van der Waals surface area contributed by atoms with Crippen molar-refractivity contribution in [3.8, 4) is 0 Å². The van der Waals surface area contributed by atoms with Crippen LogP contribution in [0.3, 0.4) is 0 Å². The first-order valence-corrected chi connectivity index (χ1v) is 6.87. The average Bonchev–Trinajstić information content (AvgIpc) is 2.47. The van der Waals surface area contributed by atoms with Crippen LogP contribution in [0.4, 0.5) is 5.69 Å². The summed E-state index contributed by atoms with van der Waals surface area (Å²) in [6.45, 7) is 2.76. The Morgan fingerprint density at radius 2 is 2.00 bits per heavy atom. The molecule has 1 atom stereocenters. The molecule has 20 heavy (non-hydrogen) atoms. The van der Waals surface area contributed by atoms with E-state index in [1.807, 2.05) is 6.92 Å². The van der Waals surface area contributed by atoms with Gasteiger partial charge in [-0.1, -0.05) is 6.92 Å². The second-order valence-electron chi connectivity index (χ2n) is 5.39. The Morgan fingerprint density at radius 3 is 2.55 bits per heavy atom. The van der Waals surface area contributed by atoms with Crippen LogP contribution in [0.25, 0.3) is 0 Å². The van der Waals surface area contributed by atoms with Crippen molar-refractivity contribution in [2.45, 2.75) is 26.2 Å². The number of hydrogen-bond acceptors (Lipinski definition) is 3. The van der Waals surface area contributed by atoms with Crippen molar-refractivity contribution in [3.05, 3.63) is 29.8 Å². The number of piperidine rings is 1. The normalized spacial score (nSPS) is 22.6. The maximum atomic E-state index is 12.4. The number of amides is 1. The van der Waals surface area contributed by atoms with E-state index in [0.29, 0.717) is 30.6 Å². The summed E-state index contributed by atoms with van der Waals surface area (Å²) in [5.74, 6) is -0.932. The predicted molar refractivity (Wildman–Crippen MR) is 76.4 cm³/mol. The van der Waals surface area contributed by atoms with E-state index in [0.717, 1.165) is 6.42 Å². The predicted octanol–water partition coefficient (Wildman–Crippen LogP) is 1.99. The van der Waals surface area contributed by atoms with E-state index in [2.05, 4.69) is 0 Å². The number of nitrogens with zero attached hydrogens (tertiary/aromatic N) is 1. The van der Waals surface area contributed by atoms with Gasteiger partial charge in [-0.2, -0.15) is 0 Å². The molecule has 0 radical (unpaired) electrons. The molecule has 1 aliphatic rings. The largest absolute Gasteiger partial charge is 0.481 e. The standard InChI is InChI=1S/C15H20N2O3/c1-2-15(14(19)20)8-3-9-17(10-15)13(18)11-4-6-12(16)7-5-11/h4-7H,2-3,8-10,16H2,1H3,(H,19,20). The van der Waals surface area contributed by atoms with Crippen molar-refractivity contribution >= 4 is 17.6 Å². The summed E-state index contributed by atoms with van der Waals surface area (Å²) in [5, 5.41) is 9.44. The summed E-state index contributed by atoms with van der Waals surface area (Å²) in [5.41, 5.74) is 5.96. The molecule has 0 spiro atoms. The van der Waals surface area contributed by atoms with Crippen LogP contribution in [0.2, 0.25) is 0 Å². The maximum Gasteiger partial charge on any atom is 0.311 e. The van der Waals surface area contributed by atoms with Crippen molar-refractivity contribution < 1.29 is 14.7 Å². The summed E-state index contributed by atoms with van der Waals surface area (Å²) in [7, 11) is 0. The molecule has 5 nitrogen and oxygen atoms in total. The lowest BCUT2D eigenvalue weighted by molar-refractivity contribution is -0.152. The average molecular weight is 276 g/mol. The summed E-state index contributed by atoms with van der Waals surface area (Å²) >= 11 is 0. The number of aliphatic carboxylic acids is 1. The van der Waals surface area contributed by atoms with Gasteiger partial charge in [0.15, 0.2) is 0 Å². The van der Waals surface area contributed by atoms with Crippen molar-refractivity contribution in [3.63, 3.8) is 0 Å². The molecule has 0 aliphatic carbocycles. The van der Waals surface area contributed by atoms with Crippen LogP contribution in [0.5, 0.6) is 0 Å². The second-order valence-corrected chi connectivity index (χ2v) is 5.39. The second kappa shape index (κ2) is 5.53. The third-order valence-corrected chi connectivity index (χ3v) is 4.15. The van der Waals surface area contributed by atoms with Crippen LogP contribution in [0.15, 0.2) is 24.3 Å². The molecule has 1 fully saturated rings. The minimum absolute atomic E-state index is 0.122. The highest BCUT2D eigenvalue weighted by Crippen LogP contribution is 2.34. The highest BCUT2D eigenvalue weighted by molar-refractivity contribution is 5.95. The van der Waals surface area contributed by atoms with Crippen molar-refractivity contribution in [1.29, 1.82) is 0 Å². The highest BCUT2D eigenvalue weighted by atomic mass is 16.4. The molecule has 2 rings (SSSR count). The smallest absolute Gasteiger partial charge is 0.311 e. The molecular weight excluding hydrogens is 256 g/mol. The molecule has 1 aliphatic heterocycles. The lowest BCUT2D eigenvalue weighted by atomic mass is 9.77. The molecule has 0 saturated carbocycles. The number of carbonyl (C=O) groups is 2. The summed E-state index contributed by atoms with van der Waals surface area (Å²) in [6, 6.07) is 6.73. The summed E-state index contributed by atoms with van der Waals surface area (Å²) in [4.78, 5) is 25.6. The van der Waals surface area contributed by atoms with Gasteiger partial charge < -0.3 is 15.7 Å². The zero-order valence-electron chi connectivity index (χ0n) is 11.6. The van der Waals surface area contributed by atoms with Gasteiger partial charge in [0, 0.05) is 24.3 Å². The molecule has 3 N–H and O–H groups in total. The first-order valence-electron chi connectivity index (χ1n) is 6.87. The molecule has 108 valence electrons. The molecule has 1 aromatic carbocycles. The molecule has 0 aromatic heterocycles. The monoisotopic (exact) mass is 276 g/mol. The van der Waals surface area contributed by atoms with Gasteiger partial charge in [-0.25, -0.2) is 0 Å². The minimum atomic E-state index is -0.810. The van der Waals surface area contributed by atoms with Crippen molar-refractivity contribution in [2.24, 2.45) is 5.41 Å². The van der Waals surface area contributed by atoms with Crippen LogP contribution in [0, 0.1) is 5.41 Å². The van der Waals surface area contributed by atoms with Crippen LogP contribution in [0.1, 0.15) is 36.5 Å². The number of anilines is 1. The summed E-state index contributed by atoms with van der Waals surface area (Å²) < 4.78 is 0. The van der Waals surface area contributed by atoms with Gasteiger partial charge in [0.05, 0.1) is 5.41 Å². The Morgan fingerprint density at radius 1 is 1.35 bits per heavy atom. The molecule has 1 heterocycles. The first kappa shape index (κ1) is 14.4. The van der Waals surface area contributed by atoms with E-state index in [1.165, 1.54) is 0 Å². The fraction of sp³-hybridized carbons (Fsp3) is 0.467. The number of hydrogen-bond donors (Lipinski definition) is 2. The molecule has 1 unspecified atom stereocenters. The number of carbonyl (C=O) groups excluding carboxylic acids is 1. The molecular formula is C15H20N2O3. The van der Waals surface area contributed by atoms with Crippen LogP contribution < -0.4 is 5.73 Å². The van der Waals surface area contributed by atoms with Gasteiger partial charge in [0.2, 0.25) is 0 Å². The van der Waals surface area contributed by atoms with Crippen molar-refractivity contribution in [2.75, 3.05) is 18.8 Å². The van der Waals surface area contributed by atoms with Gasteiger partial charge in [-0.15, -0.1) is 0 Å². The zero-order valence-corrected chi connectivity index (χ0v) is 11.6. The molecule has 5 heteroatoms. The van der Waals surface area contributed by atoms with Crippen LogP contribution in [-0.4, -0.2) is 35.0 Å². The summed E-state index contributed by atoms with van der Waals surface area (Å²) in [6.07, 6.45) is 1.89. The first-order chi connectivity index (χ1) is 9.48. The molecule has 1 saturated heterocycles. The van der Waals surface area contributed by atoms with E-state index in [-0.39, 0.29) is 12.5 Å². The van der Waals surface area contributed by atoms with E-state index in [4.69, 9.17) is 5.73 Å². The quantitative estimate of drug-likeness (QED) is 0.827. The Kier molecular flexibility index (Phi) is 3.97. The maximum absolute atomic E-state index is 12.4. The van der Waals surface area contributed by atoms with E-state index < -0.39 is 11.4 Å².